The van der Waals surface area contributed by atoms with E-state index in [1.807, 2.05) is 0 Å². The fraction of sp³-hybridized carbons (Fsp3) is 0.0588. The van der Waals surface area contributed by atoms with Gasteiger partial charge in [0, 0.05) is 5.56 Å². The highest BCUT2D eigenvalue weighted by molar-refractivity contribution is 7.90. The number of halogens is 2. The van der Waals surface area contributed by atoms with Crippen LogP contribution >= 0.6 is 11.6 Å². The molecule has 1 aromatic carbocycles. The predicted molar refractivity (Wildman–Crippen MR) is 93.2 cm³/mol. The molecule has 26 heavy (non-hydrogen) atoms. The van der Waals surface area contributed by atoms with Gasteiger partial charge in [-0.25, -0.2) is 17.8 Å². The van der Waals surface area contributed by atoms with Gasteiger partial charge in [0.05, 0.1) is 18.1 Å². The van der Waals surface area contributed by atoms with Gasteiger partial charge in [-0.2, -0.15) is 0 Å². The fourth-order valence-corrected chi connectivity index (χ4v) is 3.64. The zero-order valence-corrected chi connectivity index (χ0v) is 14.7. The molecule has 0 atom stereocenters. The first kappa shape index (κ1) is 18.1. The summed E-state index contributed by atoms with van der Waals surface area (Å²) in [5.74, 6) is -1.90. The summed E-state index contributed by atoms with van der Waals surface area (Å²) < 4.78 is 43.9. The van der Waals surface area contributed by atoms with Gasteiger partial charge < -0.3 is 9.73 Å². The Hall–Kier alpha value is -2.71. The van der Waals surface area contributed by atoms with Crippen molar-refractivity contribution < 1.29 is 22.0 Å². The Kier molecular flexibility index (Phi) is 5.06. The maximum Gasteiger partial charge on any atom is 0.255 e. The van der Waals surface area contributed by atoms with Gasteiger partial charge in [0.15, 0.2) is 9.84 Å². The number of sulfone groups is 1. The van der Waals surface area contributed by atoms with Crippen LogP contribution in [0.1, 0.15) is 16.1 Å². The molecular formula is C17H12ClFN2O4S. The number of nitrogens with one attached hydrogen (secondary N) is 1. The van der Waals surface area contributed by atoms with Crippen molar-refractivity contribution in [3.8, 4) is 0 Å². The van der Waals surface area contributed by atoms with Crippen molar-refractivity contribution in [3.05, 3.63) is 77.2 Å². The summed E-state index contributed by atoms with van der Waals surface area (Å²) in [4.78, 5) is 15.5. The smallest absolute Gasteiger partial charge is 0.255 e. The van der Waals surface area contributed by atoms with E-state index < -0.39 is 32.2 Å². The number of hydrogen-bond donors (Lipinski definition) is 1. The average molecular weight is 395 g/mol. The molecule has 0 radical (unpaired) electrons. The van der Waals surface area contributed by atoms with Gasteiger partial charge >= 0.3 is 0 Å². The van der Waals surface area contributed by atoms with E-state index in [1.165, 1.54) is 36.7 Å². The van der Waals surface area contributed by atoms with Crippen LogP contribution in [-0.2, 0) is 15.6 Å². The van der Waals surface area contributed by atoms with Crippen molar-refractivity contribution >= 4 is 33.0 Å². The Morgan fingerprint density at radius 1 is 1.23 bits per heavy atom. The molecule has 2 aromatic heterocycles. The number of amides is 1. The molecule has 134 valence electrons. The Morgan fingerprint density at radius 3 is 2.65 bits per heavy atom. The van der Waals surface area contributed by atoms with Gasteiger partial charge in [0.1, 0.15) is 27.4 Å². The van der Waals surface area contributed by atoms with Crippen LogP contribution in [0.5, 0.6) is 0 Å². The first-order valence-electron chi connectivity index (χ1n) is 7.33. The topological polar surface area (TPSA) is 89.3 Å². The lowest BCUT2D eigenvalue weighted by Gasteiger charge is -2.08. The van der Waals surface area contributed by atoms with E-state index in [-0.39, 0.29) is 16.5 Å². The molecule has 2 heterocycles. The Bertz CT molecular complexity index is 1040. The van der Waals surface area contributed by atoms with Gasteiger partial charge in [-0.15, -0.1) is 0 Å². The number of rotatable bonds is 5. The summed E-state index contributed by atoms with van der Waals surface area (Å²) in [6, 6.07) is 9.21. The van der Waals surface area contributed by atoms with E-state index in [0.29, 0.717) is 5.69 Å². The molecule has 0 aliphatic carbocycles. The van der Waals surface area contributed by atoms with E-state index in [4.69, 9.17) is 16.0 Å². The van der Waals surface area contributed by atoms with Crippen molar-refractivity contribution in [2.24, 2.45) is 0 Å². The predicted octanol–water partition coefficient (Wildman–Crippen LogP) is 3.69. The van der Waals surface area contributed by atoms with Gasteiger partial charge in [-0.3, -0.25) is 4.79 Å². The maximum absolute atomic E-state index is 14.3. The summed E-state index contributed by atoms with van der Waals surface area (Å²) >= 11 is 5.66. The van der Waals surface area contributed by atoms with Crippen LogP contribution in [0.4, 0.5) is 10.1 Å². The van der Waals surface area contributed by atoms with Crippen LogP contribution in [0.25, 0.3) is 0 Å². The molecule has 1 amide bonds. The number of carbonyl (C=O) groups excluding carboxylic acids is 1. The van der Waals surface area contributed by atoms with Crippen molar-refractivity contribution in [1.82, 2.24) is 4.98 Å². The minimum absolute atomic E-state index is 0.0330. The highest BCUT2D eigenvalue weighted by Crippen LogP contribution is 2.22. The lowest BCUT2D eigenvalue weighted by molar-refractivity contribution is 0.102. The molecule has 0 bridgehead atoms. The van der Waals surface area contributed by atoms with E-state index in [2.05, 4.69) is 10.3 Å². The van der Waals surface area contributed by atoms with Gasteiger partial charge in [0.25, 0.3) is 5.91 Å². The average Bonchev–Trinajstić information content (AvgIpc) is 3.08. The van der Waals surface area contributed by atoms with Crippen molar-refractivity contribution in [3.63, 3.8) is 0 Å². The zero-order valence-electron chi connectivity index (χ0n) is 13.1. The molecule has 0 fully saturated rings. The molecule has 1 N–H and O–H groups in total. The van der Waals surface area contributed by atoms with Crippen molar-refractivity contribution in [2.75, 3.05) is 5.32 Å². The number of benzene rings is 1. The van der Waals surface area contributed by atoms with E-state index in [0.717, 1.165) is 12.1 Å². The first-order chi connectivity index (χ1) is 12.3. The minimum atomic E-state index is -3.95. The summed E-state index contributed by atoms with van der Waals surface area (Å²) in [5, 5.41) is 2.78. The van der Waals surface area contributed by atoms with Crippen molar-refractivity contribution in [1.29, 1.82) is 0 Å². The van der Waals surface area contributed by atoms with E-state index >= 15 is 0 Å². The number of carbonyl (C=O) groups is 1. The third kappa shape index (κ3) is 4.09. The molecule has 0 aliphatic heterocycles. The second-order valence-corrected chi connectivity index (χ2v) is 7.65. The van der Waals surface area contributed by atoms with Gasteiger partial charge in [0.2, 0.25) is 0 Å². The molecule has 0 unspecified atom stereocenters. The van der Waals surface area contributed by atoms with Crippen LogP contribution < -0.4 is 5.32 Å². The fourth-order valence-electron chi connectivity index (χ4n) is 2.21. The van der Waals surface area contributed by atoms with Crippen molar-refractivity contribution in [2.45, 2.75) is 10.6 Å². The molecule has 0 aliphatic rings. The molecule has 3 aromatic rings. The Morgan fingerprint density at radius 2 is 2.04 bits per heavy atom. The van der Waals surface area contributed by atoms with Crippen LogP contribution in [0.3, 0.4) is 0 Å². The normalized spacial score (nSPS) is 11.3. The molecule has 6 nitrogen and oxygen atoms in total. The third-order valence-corrected chi connectivity index (χ3v) is 5.32. The second kappa shape index (κ2) is 7.27. The highest BCUT2D eigenvalue weighted by atomic mass is 35.5. The second-order valence-electron chi connectivity index (χ2n) is 5.31. The van der Waals surface area contributed by atoms with Gasteiger partial charge in [-0.1, -0.05) is 11.6 Å². The largest absolute Gasteiger partial charge is 0.468 e. The Balaban J connectivity index is 1.80. The summed E-state index contributed by atoms with van der Waals surface area (Å²) in [6.45, 7) is 0. The molecule has 0 saturated heterocycles. The standard InChI is InChI=1S/C17H12ClFN2O4S/c18-16-6-4-12(9-20-16)21-17(22)11-3-5-15(14(19)8-11)26(23,24)10-13-2-1-7-25-13/h1-9H,10H2,(H,21,22). The summed E-state index contributed by atoms with van der Waals surface area (Å²) in [7, 11) is -3.95. The number of aromatic nitrogens is 1. The lowest BCUT2D eigenvalue weighted by atomic mass is 10.2. The maximum atomic E-state index is 14.3. The van der Waals surface area contributed by atoms with Crippen LogP contribution in [0.15, 0.2) is 64.2 Å². The lowest BCUT2D eigenvalue weighted by Crippen LogP contribution is -2.14. The molecule has 9 heteroatoms. The molecule has 0 spiro atoms. The van der Waals surface area contributed by atoms with Crippen LogP contribution in [-0.4, -0.2) is 19.3 Å². The highest BCUT2D eigenvalue weighted by Gasteiger charge is 2.22. The third-order valence-electron chi connectivity index (χ3n) is 3.43. The number of nitrogens with zero attached hydrogens (tertiary/aromatic N) is 1. The number of hydrogen-bond acceptors (Lipinski definition) is 5. The SMILES string of the molecule is O=C(Nc1ccc(Cl)nc1)c1ccc(S(=O)(=O)Cc2ccco2)c(F)c1. The Labute approximate surface area is 153 Å². The summed E-state index contributed by atoms with van der Waals surface area (Å²) in [5.41, 5.74) is 0.337. The van der Waals surface area contributed by atoms with Crippen LogP contribution in [0.2, 0.25) is 5.15 Å². The monoisotopic (exact) mass is 394 g/mol. The number of anilines is 1. The number of furan rings is 1. The quantitative estimate of drug-likeness (QED) is 0.666. The van der Waals surface area contributed by atoms with Gasteiger partial charge in [-0.05, 0) is 42.5 Å². The van der Waals surface area contributed by atoms with E-state index in [9.17, 15) is 17.6 Å². The molecule has 0 saturated carbocycles. The summed E-state index contributed by atoms with van der Waals surface area (Å²) in [6.07, 6.45) is 2.68. The zero-order chi connectivity index (χ0) is 18.7. The van der Waals surface area contributed by atoms with E-state index in [1.54, 1.807) is 6.07 Å². The van der Waals surface area contributed by atoms with Crippen LogP contribution in [0, 0.1) is 5.82 Å². The first-order valence-corrected chi connectivity index (χ1v) is 9.36. The minimum Gasteiger partial charge on any atom is -0.468 e. The molecule has 3 rings (SSSR count). The molecular weight excluding hydrogens is 383 g/mol. The number of pyridine rings is 1.